The molecular formula is C14H17NO2S. The van der Waals surface area contributed by atoms with Crippen molar-refractivity contribution in [3.05, 3.63) is 35.2 Å². The van der Waals surface area contributed by atoms with Gasteiger partial charge >= 0.3 is 5.97 Å². The summed E-state index contributed by atoms with van der Waals surface area (Å²) in [6.07, 6.45) is 0.220. The molecule has 0 saturated carbocycles. The van der Waals surface area contributed by atoms with E-state index in [1.54, 1.807) is 11.3 Å². The van der Waals surface area contributed by atoms with Crippen LogP contribution in [0.4, 0.5) is 0 Å². The fourth-order valence-corrected chi connectivity index (χ4v) is 2.96. The number of fused-ring (bicyclic) bond motifs is 1. The van der Waals surface area contributed by atoms with E-state index in [-0.39, 0.29) is 12.3 Å². The molecule has 0 aliphatic carbocycles. The molecule has 0 aliphatic heterocycles. The molecule has 3 nitrogen and oxygen atoms in total. The Hall–Kier alpha value is -1.39. The first-order valence-corrected chi connectivity index (χ1v) is 6.92. The number of benzene rings is 1. The van der Waals surface area contributed by atoms with Crippen LogP contribution in [0.3, 0.4) is 0 Å². The second-order valence-corrected chi connectivity index (χ2v) is 5.50. The molecule has 1 aromatic carbocycles. The van der Waals surface area contributed by atoms with E-state index in [9.17, 15) is 4.79 Å². The Kier molecular flexibility index (Phi) is 4.33. The maximum atomic E-state index is 10.6. The van der Waals surface area contributed by atoms with Gasteiger partial charge in [0.05, 0.1) is 0 Å². The summed E-state index contributed by atoms with van der Waals surface area (Å²) in [4.78, 5) is 10.6. The molecule has 0 amide bonds. The maximum absolute atomic E-state index is 10.6. The van der Waals surface area contributed by atoms with Crippen LogP contribution in [-0.2, 0) is 11.3 Å². The molecule has 0 bridgehead atoms. The molecular weight excluding hydrogens is 246 g/mol. The first kappa shape index (κ1) is 13.1. The summed E-state index contributed by atoms with van der Waals surface area (Å²) in [5.41, 5.74) is 1.29. The van der Waals surface area contributed by atoms with Crippen LogP contribution >= 0.6 is 11.3 Å². The van der Waals surface area contributed by atoms with Gasteiger partial charge in [-0.2, -0.15) is 0 Å². The Bertz CT molecular complexity index is 535. The summed E-state index contributed by atoms with van der Waals surface area (Å²) in [5, 5.41) is 15.5. The largest absolute Gasteiger partial charge is 0.481 e. The first-order chi connectivity index (χ1) is 8.66. The monoisotopic (exact) mass is 263 g/mol. The van der Waals surface area contributed by atoms with Crippen LogP contribution in [0, 0.1) is 5.92 Å². The molecule has 0 spiro atoms. The number of hydrogen-bond acceptors (Lipinski definition) is 3. The van der Waals surface area contributed by atoms with Crippen molar-refractivity contribution in [2.24, 2.45) is 5.92 Å². The number of carboxylic acids is 1. The molecule has 1 unspecified atom stereocenters. The predicted octanol–water partition coefficient (Wildman–Crippen LogP) is 3.10. The van der Waals surface area contributed by atoms with E-state index in [2.05, 4.69) is 22.8 Å². The summed E-state index contributed by atoms with van der Waals surface area (Å²) >= 11 is 1.75. The Morgan fingerprint density at radius 3 is 3.00 bits per heavy atom. The number of thiophene rings is 1. The van der Waals surface area contributed by atoms with Gasteiger partial charge in [-0.1, -0.05) is 25.1 Å². The minimum absolute atomic E-state index is 0.160. The highest BCUT2D eigenvalue weighted by atomic mass is 32.1. The Morgan fingerprint density at radius 1 is 1.44 bits per heavy atom. The van der Waals surface area contributed by atoms with Gasteiger partial charge in [-0.15, -0.1) is 11.3 Å². The fraction of sp³-hybridized carbons (Fsp3) is 0.357. The van der Waals surface area contributed by atoms with E-state index in [1.807, 2.05) is 19.1 Å². The zero-order valence-electron chi connectivity index (χ0n) is 10.3. The van der Waals surface area contributed by atoms with Crippen LogP contribution in [-0.4, -0.2) is 17.6 Å². The van der Waals surface area contributed by atoms with Gasteiger partial charge in [0.2, 0.25) is 0 Å². The number of hydrogen-bond donors (Lipinski definition) is 2. The lowest BCUT2D eigenvalue weighted by Crippen LogP contribution is -2.22. The lowest BCUT2D eigenvalue weighted by atomic mass is 10.1. The molecule has 4 heteroatoms. The second kappa shape index (κ2) is 5.98. The Morgan fingerprint density at radius 2 is 2.22 bits per heavy atom. The third kappa shape index (κ3) is 3.31. The van der Waals surface area contributed by atoms with E-state index in [0.29, 0.717) is 0 Å². The summed E-state index contributed by atoms with van der Waals surface area (Å²) < 4.78 is 1.30. The van der Waals surface area contributed by atoms with Crippen molar-refractivity contribution in [2.75, 3.05) is 6.54 Å². The Balaban J connectivity index is 1.89. The summed E-state index contributed by atoms with van der Waals surface area (Å²) in [7, 11) is 0. The molecule has 18 heavy (non-hydrogen) atoms. The summed E-state index contributed by atoms with van der Waals surface area (Å²) in [5.74, 6) is -0.572. The van der Waals surface area contributed by atoms with Crippen LogP contribution < -0.4 is 5.32 Å². The zero-order valence-corrected chi connectivity index (χ0v) is 11.2. The van der Waals surface area contributed by atoms with Gasteiger partial charge in [-0.25, -0.2) is 0 Å². The van der Waals surface area contributed by atoms with Crippen LogP contribution in [0.1, 0.15) is 18.9 Å². The minimum Gasteiger partial charge on any atom is -0.481 e. The van der Waals surface area contributed by atoms with Gasteiger partial charge in [0, 0.05) is 17.7 Å². The summed E-state index contributed by atoms with van der Waals surface area (Å²) in [6, 6.07) is 8.34. The van der Waals surface area contributed by atoms with E-state index in [4.69, 9.17) is 5.11 Å². The van der Waals surface area contributed by atoms with Crippen molar-refractivity contribution < 1.29 is 9.90 Å². The van der Waals surface area contributed by atoms with Gasteiger partial charge in [0.1, 0.15) is 0 Å². The van der Waals surface area contributed by atoms with Crippen LogP contribution in [0.2, 0.25) is 0 Å². The molecule has 0 fully saturated rings. The van der Waals surface area contributed by atoms with Crippen LogP contribution in [0.15, 0.2) is 29.6 Å². The van der Waals surface area contributed by atoms with E-state index in [0.717, 1.165) is 13.1 Å². The van der Waals surface area contributed by atoms with Crippen molar-refractivity contribution in [3.8, 4) is 0 Å². The predicted molar refractivity (Wildman–Crippen MR) is 74.9 cm³/mol. The van der Waals surface area contributed by atoms with E-state index < -0.39 is 5.97 Å². The molecule has 1 heterocycles. The van der Waals surface area contributed by atoms with Crippen molar-refractivity contribution in [3.63, 3.8) is 0 Å². The van der Waals surface area contributed by atoms with E-state index in [1.165, 1.54) is 15.6 Å². The van der Waals surface area contributed by atoms with E-state index >= 15 is 0 Å². The summed E-state index contributed by atoms with van der Waals surface area (Å²) in [6.45, 7) is 3.48. The zero-order chi connectivity index (χ0) is 13.0. The van der Waals surface area contributed by atoms with Crippen LogP contribution in [0.5, 0.6) is 0 Å². The van der Waals surface area contributed by atoms with Crippen molar-refractivity contribution in [2.45, 2.75) is 19.9 Å². The third-order valence-corrected chi connectivity index (χ3v) is 3.90. The van der Waals surface area contributed by atoms with Crippen molar-refractivity contribution >= 4 is 27.4 Å². The average Bonchev–Trinajstić information content (AvgIpc) is 2.72. The lowest BCUT2D eigenvalue weighted by Gasteiger charge is -2.09. The fourth-order valence-electron chi connectivity index (χ4n) is 1.99. The van der Waals surface area contributed by atoms with Gasteiger partial charge in [-0.05, 0) is 34.9 Å². The minimum atomic E-state index is -0.731. The van der Waals surface area contributed by atoms with Gasteiger partial charge in [0.15, 0.2) is 0 Å². The third-order valence-electron chi connectivity index (χ3n) is 2.89. The SMILES string of the molecule is CC(CNCc1csc2ccccc12)CC(=O)O. The molecule has 2 aromatic rings. The van der Waals surface area contributed by atoms with Crippen LogP contribution in [0.25, 0.3) is 10.1 Å². The standard InChI is InChI=1S/C14H17NO2S/c1-10(6-14(16)17)7-15-8-11-9-18-13-5-3-2-4-12(11)13/h2-5,9-10,15H,6-8H2,1H3,(H,16,17). The molecule has 96 valence electrons. The number of carbonyl (C=O) groups is 1. The molecule has 1 atom stereocenters. The smallest absolute Gasteiger partial charge is 0.303 e. The number of nitrogens with one attached hydrogen (secondary N) is 1. The topological polar surface area (TPSA) is 49.3 Å². The van der Waals surface area contributed by atoms with Gasteiger partial charge in [-0.3, -0.25) is 4.79 Å². The molecule has 2 rings (SSSR count). The Labute approximate surface area is 110 Å². The number of rotatable bonds is 6. The highest BCUT2D eigenvalue weighted by Gasteiger charge is 2.08. The lowest BCUT2D eigenvalue weighted by molar-refractivity contribution is -0.137. The normalized spacial score (nSPS) is 12.7. The molecule has 2 N–H and O–H groups in total. The molecule has 0 saturated heterocycles. The van der Waals surface area contributed by atoms with Crippen molar-refractivity contribution in [1.29, 1.82) is 0 Å². The quantitative estimate of drug-likeness (QED) is 0.842. The highest BCUT2D eigenvalue weighted by Crippen LogP contribution is 2.25. The average molecular weight is 263 g/mol. The molecule has 0 aliphatic rings. The first-order valence-electron chi connectivity index (χ1n) is 6.04. The second-order valence-electron chi connectivity index (χ2n) is 4.59. The number of carboxylic acid groups (broad SMARTS) is 1. The molecule has 1 aromatic heterocycles. The van der Waals surface area contributed by atoms with Gasteiger partial charge < -0.3 is 10.4 Å². The maximum Gasteiger partial charge on any atom is 0.303 e. The number of aliphatic carboxylic acids is 1. The highest BCUT2D eigenvalue weighted by molar-refractivity contribution is 7.17. The van der Waals surface area contributed by atoms with Gasteiger partial charge in [0.25, 0.3) is 0 Å². The van der Waals surface area contributed by atoms with Crippen molar-refractivity contribution in [1.82, 2.24) is 5.32 Å². The molecule has 0 radical (unpaired) electrons.